The molecule has 2 aromatic carbocycles. The number of carbonyl (C=O) groups excluding carboxylic acids is 2. The first kappa shape index (κ1) is 18.8. The van der Waals surface area contributed by atoms with Gasteiger partial charge in [-0.1, -0.05) is 18.2 Å². The van der Waals surface area contributed by atoms with E-state index in [9.17, 15) is 9.59 Å². The third-order valence-corrected chi connectivity index (χ3v) is 5.08. The van der Waals surface area contributed by atoms with Crippen LogP contribution in [-0.4, -0.2) is 43.0 Å². The molecule has 1 aliphatic rings. The van der Waals surface area contributed by atoms with E-state index in [0.717, 1.165) is 17.0 Å². The summed E-state index contributed by atoms with van der Waals surface area (Å²) in [7, 11) is 1.60. The van der Waals surface area contributed by atoms with Crippen molar-refractivity contribution in [1.29, 1.82) is 0 Å². The minimum absolute atomic E-state index is 0.0420. The molecule has 1 unspecified atom stereocenters. The van der Waals surface area contributed by atoms with Crippen LogP contribution in [0.5, 0.6) is 5.75 Å². The van der Waals surface area contributed by atoms with Crippen LogP contribution in [0, 0.1) is 0 Å². The van der Waals surface area contributed by atoms with Crippen LogP contribution in [0.3, 0.4) is 0 Å². The van der Waals surface area contributed by atoms with Crippen molar-refractivity contribution in [3.05, 3.63) is 72.5 Å². The lowest BCUT2D eigenvalue weighted by atomic mass is 10.1. The third kappa shape index (κ3) is 3.74. The lowest BCUT2D eigenvalue weighted by Crippen LogP contribution is -2.57. The van der Waals surface area contributed by atoms with Crippen LogP contribution in [0.2, 0.25) is 0 Å². The Morgan fingerprint density at radius 2 is 1.90 bits per heavy atom. The second-order valence-electron chi connectivity index (χ2n) is 7.05. The smallest absolute Gasteiger partial charge is 0.254 e. The molecule has 1 aromatic heterocycles. The van der Waals surface area contributed by atoms with E-state index in [1.165, 1.54) is 0 Å². The van der Waals surface area contributed by atoms with E-state index in [-0.39, 0.29) is 24.4 Å². The van der Waals surface area contributed by atoms with Crippen LogP contribution >= 0.6 is 0 Å². The maximum absolute atomic E-state index is 12.9. The van der Waals surface area contributed by atoms with Crippen molar-refractivity contribution in [2.24, 2.45) is 0 Å². The van der Waals surface area contributed by atoms with Crippen molar-refractivity contribution in [2.75, 3.05) is 25.1 Å². The highest BCUT2D eigenvalue weighted by Crippen LogP contribution is 2.26. The van der Waals surface area contributed by atoms with Crippen LogP contribution in [0.25, 0.3) is 11.3 Å². The standard InChI is InChI=1S/C23H22N2O4/c1-16-14-24(15-22(26)25(16)19-5-3-6-20(13-19)28-2)23(27)18-10-8-17(9-11-18)21-7-4-12-29-21/h3-13,16H,14-15H2,1-2H3. The molecule has 148 valence electrons. The summed E-state index contributed by atoms with van der Waals surface area (Å²) < 4.78 is 10.6. The Morgan fingerprint density at radius 3 is 2.55 bits per heavy atom. The maximum atomic E-state index is 12.9. The fourth-order valence-corrected chi connectivity index (χ4v) is 3.67. The van der Waals surface area contributed by atoms with Gasteiger partial charge in [0.25, 0.3) is 5.91 Å². The van der Waals surface area contributed by atoms with Crippen molar-refractivity contribution in [3.8, 4) is 17.1 Å². The number of piperazine rings is 1. The maximum Gasteiger partial charge on any atom is 0.254 e. The van der Waals surface area contributed by atoms with E-state index in [1.807, 2.05) is 55.5 Å². The predicted molar refractivity (Wildman–Crippen MR) is 110 cm³/mol. The number of hydrogen-bond donors (Lipinski definition) is 0. The van der Waals surface area contributed by atoms with Gasteiger partial charge in [-0.15, -0.1) is 0 Å². The number of hydrogen-bond acceptors (Lipinski definition) is 4. The zero-order valence-electron chi connectivity index (χ0n) is 16.4. The molecule has 1 saturated heterocycles. The van der Waals surface area contributed by atoms with E-state index in [0.29, 0.717) is 17.9 Å². The molecule has 0 radical (unpaired) electrons. The Hall–Kier alpha value is -3.54. The number of amides is 2. The third-order valence-electron chi connectivity index (χ3n) is 5.08. The lowest BCUT2D eigenvalue weighted by molar-refractivity contribution is -0.121. The number of anilines is 1. The molecule has 0 N–H and O–H groups in total. The fourth-order valence-electron chi connectivity index (χ4n) is 3.67. The second-order valence-corrected chi connectivity index (χ2v) is 7.05. The summed E-state index contributed by atoms with van der Waals surface area (Å²) in [6.07, 6.45) is 1.61. The Balaban J connectivity index is 1.49. The van der Waals surface area contributed by atoms with E-state index >= 15 is 0 Å². The first-order valence-electron chi connectivity index (χ1n) is 9.46. The topological polar surface area (TPSA) is 63.0 Å². The molecule has 1 atom stereocenters. The van der Waals surface area contributed by atoms with Crippen molar-refractivity contribution in [1.82, 2.24) is 4.90 Å². The monoisotopic (exact) mass is 390 g/mol. The number of furan rings is 1. The van der Waals surface area contributed by atoms with E-state index in [4.69, 9.17) is 9.15 Å². The quantitative estimate of drug-likeness (QED) is 0.679. The predicted octanol–water partition coefficient (Wildman–Crippen LogP) is 3.83. The van der Waals surface area contributed by atoms with Gasteiger partial charge in [-0.05, 0) is 43.3 Å². The Labute approximate surface area is 169 Å². The summed E-state index contributed by atoms with van der Waals surface area (Å²) in [5, 5.41) is 0. The van der Waals surface area contributed by atoms with Gasteiger partial charge in [0.15, 0.2) is 0 Å². The first-order chi connectivity index (χ1) is 14.1. The normalized spacial score (nSPS) is 16.8. The van der Waals surface area contributed by atoms with Gasteiger partial charge in [-0.25, -0.2) is 0 Å². The molecule has 1 aliphatic heterocycles. The molecule has 29 heavy (non-hydrogen) atoms. The van der Waals surface area contributed by atoms with Gasteiger partial charge in [0.1, 0.15) is 18.1 Å². The summed E-state index contributed by atoms with van der Waals surface area (Å²) in [5.41, 5.74) is 2.23. The van der Waals surface area contributed by atoms with Gasteiger partial charge in [-0.2, -0.15) is 0 Å². The molecule has 3 aromatic rings. The van der Waals surface area contributed by atoms with Gasteiger partial charge in [0.05, 0.1) is 19.4 Å². The van der Waals surface area contributed by atoms with Gasteiger partial charge in [0.2, 0.25) is 5.91 Å². The van der Waals surface area contributed by atoms with Gasteiger partial charge in [0, 0.05) is 29.4 Å². The summed E-state index contributed by atoms with van der Waals surface area (Å²) in [6, 6.07) is 18.2. The Bertz CT molecular complexity index is 1010. The molecule has 6 heteroatoms. The molecule has 2 amide bonds. The number of benzene rings is 2. The summed E-state index contributed by atoms with van der Waals surface area (Å²) in [4.78, 5) is 29.1. The molecule has 0 bridgehead atoms. The van der Waals surface area contributed by atoms with Crippen molar-refractivity contribution in [2.45, 2.75) is 13.0 Å². The molecule has 0 aliphatic carbocycles. The van der Waals surface area contributed by atoms with Crippen LogP contribution in [-0.2, 0) is 4.79 Å². The summed E-state index contributed by atoms with van der Waals surface area (Å²) in [5.74, 6) is 1.18. The van der Waals surface area contributed by atoms with Gasteiger partial charge in [-0.3, -0.25) is 9.59 Å². The average Bonchev–Trinajstić information content (AvgIpc) is 3.28. The number of rotatable bonds is 4. The fraction of sp³-hybridized carbons (Fsp3) is 0.217. The van der Waals surface area contributed by atoms with Gasteiger partial charge < -0.3 is 19.0 Å². The molecular formula is C23H22N2O4. The SMILES string of the molecule is COc1cccc(N2C(=O)CN(C(=O)c3ccc(-c4ccco4)cc3)CC2C)c1. The Kier molecular flexibility index (Phi) is 5.08. The molecule has 4 rings (SSSR count). The molecule has 0 spiro atoms. The average molecular weight is 390 g/mol. The Morgan fingerprint density at radius 1 is 1.10 bits per heavy atom. The summed E-state index contributed by atoms with van der Waals surface area (Å²) in [6.45, 7) is 2.44. The zero-order valence-corrected chi connectivity index (χ0v) is 16.4. The van der Waals surface area contributed by atoms with E-state index in [2.05, 4.69) is 0 Å². The van der Waals surface area contributed by atoms with E-state index < -0.39 is 0 Å². The molecule has 2 heterocycles. The highest BCUT2D eigenvalue weighted by atomic mass is 16.5. The molecule has 6 nitrogen and oxygen atoms in total. The number of methoxy groups -OCH3 is 1. The van der Waals surface area contributed by atoms with Gasteiger partial charge >= 0.3 is 0 Å². The minimum atomic E-state index is -0.151. The first-order valence-corrected chi connectivity index (χ1v) is 9.46. The molecular weight excluding hydrogens is 368 g/mol. The highest BCUT2D eigenvalue weighted by Gasteiger charge is 2.33. The van der Waals surface area contributed by atoms with Crippen molar-refractivity contribution < 1.29 is 18.7 Å². The number of nitrogens with zero attached hydrogens (tertiary/aromatic N) is 2. The van der Waals surface area contributed by atoms with Crippen LogP contribution in [0.4, 0.5) is 5.69 Å². The van der Waals surface area contributed by atoms with E-state index in [1.54, 1.807) is 35.3 Å². The largest absolute Gasteiger partial charge is 0.497 e. The lowest BCUT2D eigenvalue weighted by Gasteiger charge is -2.39. The number of ether oxygens (including phenoxy) is 1. The molecule has 0 saturated carbocycles. The summed E-state index contributed by atoms with van der Waals surface area (Å²) >= 11 is 0. The zero-order chi connectivity index (χ0) is 20.4. The van der Waals surface area contributed by atoms with Crippen molar-refractivity contribution in [3.63, 3.8) is 0 Å². The minimum Gasteiger partial charge on any atom is -0.497 e. The van der Waals surface area contributed by atoms with Crippen LogP contribution in [0.15, 0.2) is 71.3 Å². The van der Waals surface area contributed by atoms with Crippen LogP contribution in [0.1, 0.15) is 17.3 Å². The van der Waals surface area contributed by atoms with Crippen LogP contribution < -0.4 is 9.64 Å². The number of carbonyl (C=O) groups is 2. The highest BCUT2D eigenvalue weighted by molar-refractivity contribution is 6.02. The van der Waals surface area contributed by atoms with Crippen molar-refractivity contribution >= 4 is 17.5 Å². The molecule has 1 fully saturated rings. The second kappa shape index (κ2) is 7.83.